The molecule has 20 heavy (non-hydrogen) atoms. The molecular weight excluding hydrogens is 279 g/mol. The Hall–Kier alpha value is -2.51. The average Bonchev–Trinajstić information content (AvgIpc) is 2.86. The van der Waals surface area contributed by atoms with Crippen molar-refractivity contribution >= 4 is 5.97 Å². The summed E-state index contributed by atoms with van der Waals surface area (Å²) in [6.45, 7) is 0. The van der Waals surface area contributed by atoms with Gasteiger partial charge in [-0.25, -0.2) is 4.79 Å². The first-order valence-electron chi connectivity index (χ1n) is 5.28. The minimum Gasteiger partial charge on any atom is -0.496 e. The Morgan fingerprint density at radius 2 is 2.10 bits per heavy atom. The van der Waals surface area contributed by atoms with Crippen LogP contribution in [0.4, 0.5) is 13.2 Å². The van der Waals surface area contributed by atoms with E-state index in [2.05, 4.69) is 9.89 Å². The Morgan fingerprint density at radius 3 is 2.65 bits per heavy atom. The van der Waals surface area contributed by atoms with Gasteiger partial charge in [0.2, 0.25) is 0 Å². The predicted molar refractivity (Wildman–Crippen MR) is 60.5 cm³/mol. The first kappa shape index (κ1) is 13.9. The van der Waals surface area contributed by atoms with Gasteiger partial charge in [0.1, 0.15) is 11.3 Å². The summed E-state index contributed by atoms with van der Waals surface area (Å²) in [6, 6.07) is 3.11. The average molecular weight is 287 g/mol. The minimum atomic E-state index is -4.63. The third-order valence-electron chi connectivity index (χ3n) is 2.57. The van der Waals surface area contributed by atoms with Crippen LogP contribution in [0.1, 0.15) is 15.9 Å². The highest BCUT2D eigenvalue weighted by Gasteiger charge is 2.35. The maximum atomic E-state index is 12.9. The van der Waals surface area contributed by atoms with Crippen LogP contribution in [0.15, 0.2) is 28.9 Å². The monoisotopic (exact) mass is 287 g/mol. The highest BCUT2D eigenvalue weighted by atomic mass is 19.4. The summed E-state index contributed by atoms with van der Waals surface area (Å²) in [6.07, 6.45) is -3.71. The van der Waals surface area contributed by atoms with E-state index in [-0.39, 0.29) is 22.6 Å². The van der Waals surface area contributed by atoms with Crippen molar-refractivity contribution in [2.24, 2.45) is 0 Å². The molecule has 2 aromatic rings. The lowest BCUT2D eigenvalue weighted by Gasteiger charge is -2.12. The summed E-state index contributed by atoms with van der Waals surface area (Å²) in [5.74, 6) is -1.95. The highest BCUT2D eigenvalue weighted by molar-refractivity contribution is 5.94. The Balaban J connectivity index is 2.59. The number of aromatic nitrogens is 1. The summed E-state index contributed by atoms with van der Waals surface area (Å²) in [5, 5.41) is 12.2. The zero-order valence-electron chi connectivity index (χ0n) is 10.1. The molecule has 8 heteroatoms. The Labute approximate surface area is 110 Å². The molecular formula is C12H8F3NO4. The molecule has 0 atom stereocenters. The van der Waals surface area contributed by atoms with Crippen LogP contribution in [0.5, 0.6) is 5.75 Å². The molecule has 2 rings (SSSR count). The first-order valence-corrected chi connectivity index (χ1v) is 5.28. The van der Waals surface area contributed by atoms with Gasteiger partial charge in [0.25, 0.3) is 0 Å². The van der Waals surface area contributed by atoms with E-state index in [1.165, 1.54) is 6.07 Å². The summed E-state index contributed by atoms with van der Waals surface area (Å²) in [4.78, 5) is 10.9. The van der Waals surface area contributed by atoms with E-state index in [9.17, 15) is 18.0 Å². The number of carboxylic acid groups (broad SMARTS) is 1. The third kappa shape index (κ3) is 2.44. The van der Waals surface area contributed by atoms with E-state index in [1.54, 1.807) is 0 Å². The number of rotatable bonds is 3. The maximum absolute atomic E-state index is 12.9. The van der Waals surface area contributed by atoms with E-state index in [0.717, 1.165) is 25.4 Å². The molecule has 0 aliphatic heterocycles. The van der Waals surface area contributed by atoms with E-state index in [0.29, 0.717) is 0 Å². The zero-order chi connectivity index (χ0) is 14.9. The molecule has 1 N–H and O–H groups in total. The van der Waals surface area contributed by atoms with Crippen molar-refractivity contribution in [1.29, 1.82) is 0 Å². The molecule has 5 nitrogen and oxygen atoms in total. The quantitative estimate of drug-likeness (QED) is 0.939. The number of methoxy groups -OCH3 is 1. The standard InChI is InChI=1S/C12H8F3NO4/c1-19-9-3-2-6(4-8(9)12(13,14)15)10-7(11(17)18)5-16-20-10/h2-5H,1H3,(H,17,18). The SMILES string of the molecule is COc1ccc(-c2oncc2C(=O)O)cc1C(F)(F)F. The summed E-state index contributed by atoms with van der Waals surface area (Å²) < 4.78 is 48.0. The third-order valence-corrected chi connectivity index (χ3v) is 2.57. The van der Waals surface area contributed by atoms with Crippen LogP contribution in [-0.4, -0.2) is 23.3 Å². The van der Waals surface area contributed by atoms with Crippen molar-refractivity contribution in [3.05, 3.63) is 35.5 Å². The minimum absolute atomic E-state index is 0.0481. The summed E-state index contributed by atoms with van der Waals surface area (Å²) in [5.41, 5.74) is -1.39. The van der Waals surface area contributed by atoms with Gasteiger partial charge in [-0.15, -0.1) is 0 Å². The predicted octanol–water partition coefficient (Wildman–Crippen LogP) is 3.07. The number of hydrogen-bond donors (Lipinski definition) is 1. The van der Waals surface area contributed by atoms with Crippen LogP contribution in [-0.2, 0) is 6.18 Å². The number of ether oxygens (including phenoxy) is 1. The molecule has 1 aromatic carbocycles. The van der Waals surface area contributed by atoms with Crippen LogP contribution in [0.2, 0.25) is 0 Å². The molecule has 0 saturated heterocycles. The molecule has 0 bridgehead atoms. The second-order valence-electron chi connectivity index (χ2n) is 3.79. The van der Waals surface area contributed by atoms with E-state index in [4.69, 9.17) is 9.63 Å². The number of carboxylic acids is 1. The second kappa shape index (κ2) is 4.87. The van der Waals surface area contributed by atoms with E-state index < -0.39 is 17.7 Å². The lowest BCUT2D eigenvalue weighted by Crippen LogP contribution is -2.07. The second-order valence-corrected chi connectivity index (χ2v) is 3.79. The van der Waals surface area contributed by atoms with Crippen molar-refractivity contribution in [2.45, 2.75) is 6.18 Å². The van der Waals surface area contributed by atoms with Crippen molar-refractivity contribution in [3.63, 3.8) is 0 Å². The van der Waals surface area contributed by atoms with Gasteiger partial charge in [-0.1, -0.05) is 5.16 Å². The lowest BCUT2D eigenvalue weighted by molar-refractivity contribution is -0.138. The number of aromatic carboxylic acids is 1. The largest absolute Gasteiger partial charge is 0.496 e. The van der Waals surface area contributed by atoms with Gasteiger partial charge in [0.05, 0.1) is 18.9 Å². The van der Waals surface area contributed by atoms with Crippen molar-refractivity contribution in [3.8, 4) is 17.1 Å². The molecule has 106 valence electrons. The van der Waals surface area contributed by atoms with E-state index >= 15 is 0 Å². The molecule has 0 amide bonds. The van der Waals surface area contributed by atoms with Crippen LogP contribution in [0.3, 0.4) is 0 Å². The number of halogens is 3. The van der Waals surface area contributed by atoms with Crippen LogP contribution >= 0.6 is 0 Å². The maximum Gasteiger partial charge on any atom is 0.419 e. The number of carbonyl (C=O) groups is 1. The molecule has 1 aromatic heterocycles. The topological polar surface area (TPSA) is 72.6 Å². The summed E-state index contributed by atoms with van der Waals surface area (Å²) in [7, 11) is 1.11. The normalized spacial score (nSPS) is 11.4. The van der Waals surface area contributed by atoms with E-state index in [1.807, 2.05) is 0 Å². The first-order chi connectivity index (χ1) is 9.34. The van der Waals surface area contributed by atoms with Gasteiger partial charge in [-0.2, -0.15) is 13.2 Å². The smallest absolute Gasteiger partial charge is 0.419 e. The zero-order valence-corrected chi connectivity index (χ0v) is 10.1. The van der Waals surface area contributed by atoms with Gasteiger partial charge < -0.3 is 14.4 Å². The molecule has 0 aliphatic rings. The van der Waals surface area contributed by atoms with Crippen molar-refractivity contribution in [1.82, 2.24) is 5.16 Å². The lowest BCUT2D eigenvalue weighted by atomic mass is 10.0. The Kier molecular flexibility index (Phi) is 3.39. The van der Waals surface area contributed by atoms with Crippen molar-refractivity contribution in [2.75, 3.05) is 7.11 Å². The highest BCUT2D eigenvalue weighted by Crippen LogP contribution is 2.39. The number of hydrogen-bond acceptors (Lipinski definition) is 4. The molecule has 0 aliphatic carbocycles. The number of alkyl halides is 3. The van der Waals surface area contributed by atoms with Crippen LogP contribution in [0, 0.1) is 0 Å². The Morgan fingerprint density at radius 1 is 1.40 bits per heavy atom. The number of nitrogens with zero attached hydrogens (tertiary/aromatic N) is 1. The van der Waals surface area contributed by atoms with Crippen molar-refractivity contribution < 1.29 is 32.3 Å². The Bertz CT molecular complexity index is 648. The fourth-order valence-electron chi connectivity index (χ4n) is 1.67. The molecule has 0 saturated carbocycles. The molecule has 0 radical (unpaired) electrons. The molecule has 0 spiro atoms. The van der Waals surface area contributed by atoms with Gasteiger partial charge in [-0.3, -0.25) is 0 Å². The fourth-order valence-corrected chi connectivity index (χ4v) is 1.67. The fraction of sp³-hybridized carbons (Fsp3) is 0.167. The van der Waals surface area contributed by atoms with Gasteiger partial charge in [-0.05, 0) is 18.2 Å². The molecule has 0 unspecified atom stereocenters. The van der Waals surface area contributed by atoms with Crippen LogP contribution in [0.25, 0.3) is 11.3 Å². The molecule has 0 fully saturated rings. The van der Waals surface area contributed by atoms with Gasteiger partial charge >= 0.3 is 12.1 Å². The van der Waals surface area contributed by atoms with Gasteiger partial charge in [0.15, 0.2) is 5.76 Å². The number of benzene rings is 1. The molecule has 1 heterocycles. The van der Waals surface area contributed by atoms with Gasteiger partial charge in [0, 0.05) is 5.56 Å². The summed E-state index contributed by atoms with van der Waals surface area (Å²) >= 11 is 0. The van der Waals surface area contributed by atoms with Crippen LogP contribution < -0.4 is 4.74 Å².